The first-order valence-corrected chi connectivity index (χ1v) is 7.32. The van der Waals surface area contributed by atoms with Crippen LogP contribution in [0.2, 0.25) is 0 Å². The summed E-state index contributed by atoms with van der Waals surface area (Å²) in [6, 6.07) is 6.37. The van der Waals surface area contributed by atoms with Crippen molar-refractivity contribution in [2.75, 3.05) is 12.3 Å². The van der Waals surface area contributed by atoms with Crippen LogP contribution in [0, 0.1) is 13.8 Å². The quantitative estimate of drug-likeness (QED) is 0.832. The van der Waals surface area contributed by atoms with Crippen LogP contribution in [-0.4, -0.2) is 20.7 Å². The number of primary sulfonamides is 1. The third-order valence-electron chi connectivity index (χ3n) is 2.74. The zero-order chi connectivity index (χ0) is 13.1. The van der Waals surface area contributed by atoms with Crippen LogP contribution in [0.1, 0.15) is 29.7 Å². The molecule has 1 aromatic carbocycles. The van der Waals surface area contributed by atoms with Gasteiger partial charge in [0.25, 0.3) is 0 Å². The molecule has 0 amide bonds. The van der Waals surface area contributed by atoms with Gasteiger partial charge in [0, 0.05) is 12.6 Å². The van der Waals surface area contributed by atoms with Crippen molar-refractivity contribution in [2.45, 2.75) is 26.8 Å². The second-order valence-corrected chi connectivity index (χ2v) is 6.14. The van der Waals surface area contributed by atoms with Gasteiger partial charge in [0.2, 0.25) is 10.0 Å². The Labute approximate surface area is 103 Å². The van der Waals surface area contributed by atoms with Gasteiger partial charge in [-0.1, -0.05) is 23.8 Å². The molecule has 1 rings (SSSR count). The Balaban J connectivity index is 2.64. The molecule has 96 valence electrons. The molecule has 17 heavy (non-hydrogen) atoms. The van der Waals surface area contributed by atoms with Gasteiger partial charge >= 0.3 is 0 Å². The highest BCUT2D eigenvalue weighted by atomic mass is 32.2. The third-order valence-corrected chi connectivity index (χ3v) is 3.51. The molecule has 0 saturated carbocycles. The predicted molar refractivity (Wildman–Crippen MR) is 70.3 cm³/mol. The molecule has 3 N–H and O–H groups in total. The van der Waals surface area contributed by atoms with E-state index >= 15 is 0 Å². The summed E-state index contributed by atoms with van der Waals surface area (Å²) >= 11 is 0. The highest BCUT2D eigenvalue weighted by Gasteiger charge is 2.09. The Bertz CT molecular complexity index is 483. The van der Waals surface area contributed by atoms with E-state index in [-0.39, 0.29) is 11.8 Å². The maximum Gasteiger partial charge on any atom is 0.210 e. The largest absolute Gasteiger partial charge is 0.309 e. The normalized spacial score (nSPS) is 13.6. The first kappa shape index (κ1) is 14.2. The van der Waals surface area contributed by atoms with Crippen molar-refractivity contribution in [1.29, 1.82) is 0 Å². The molecule has 0 aromatic heterocycles. The number of aryl methyl sites for hydroxylation is 2. The van der Waals surface area contributed by atoms with E-state index in [0.29, 0.717) is 6.54 Å². The predicted octanol–water partition coefficient (Wildman–Crippen LogP) is 1.24. The molecule has 0 radical (unpaired) electrons. The first-order valence-electron chi connectivity index (χ1n) is 5.60. The van der Waals surface area contributed by atoms with Crippen molar-refractivity contribution in [3.63, 3.8) is 0 Å². The minimum absolute atomic E-state index is 0.0395. The lowest BCUT2D eigenvalue weighted by atomic mass is 10.00. The smallest absolute Gasteiger partial charge is 0.210 e. The molecule has 0 bridgehead atoms. The van der Waals surface area contributed by atoms with E-state index in [0.717, 1.165) is 0 Å². The van der Waals surface area contributed by atoms with Crippen LogP contribution in [-0.2, 0) is 10.0 Å². The van der Waals surface area contributed by atoms with E-state index in [2.05, 4.69) is 23.5 Å². The van der Waals surface area contributed by atoms with Crippen LogP contribution >= 0.6 is 0 Å². The summed E-state index contributed by atoms with van der Waals surface area (Å²) in [6.45, 7) is 6.48. The van der Waals surface area contributed by atoms with E-state index in [1.165, 1.54) is 16.7 Å². The van der Waals surface area contributed by atoms with Crippen LogP contribution in [0.25, 0.3) is 0 Å². The molecule has 0 spiro atoms. The van der Waals surface area contributed by atoms with Crippen LogP contribution in [0.3, 0.4) is 0 Å². The minimum atomic E-state index is -3.38. The van der Waals surface area contributed by atoms with Gasteiger partial charge in [-0.3, -0.25) is 0 Å². The highest BCUT2D eigenvalue weighted by molar-refractivity contribution is 7.89. The number of sulfonamides is 1. The monoisotopic (exact) mass is 256 g/mol. The van der Waals surface area contributed by atoms with Crippen LogP contribution in [0.4, 0.5) is 0 Å². The van der Waals surface area contributed by atoms with Crippen molar-refractivity contribution in [2.24, 2.45) is 5.14 Å². The minimum Gasteiger partial charge on any atom is -0.309 e. The molecule has 0 aliphatic heterocycles. The van der Waals surface area contributed by atoms with Crippen LogP contribution in [0.15, 0.2) is 18.2 Å². The van der Waals surface area contributed by atoms with Gasteiger partial charge in [0.15, 0.2) is 0 Å². The maximum absolute atomic E-state index is 10.8. The standard InChI is InChI=1S/C12H20N2O2S/c1-9-4-5-10(2)12(8-9)11(3)14-6-7-17(13,15)16/h4-5,8,11,14H,6-7H2,1-3H3,(H2,13,15,16). The summed E-state index contributed by atoms with van der Waals surface area (Å²) < 4.78 is 21.6. The van der Waals surface area contributed by atoms with E-state index < -0.39 is 10.0 Å². The number of nitrogens with two attached hydrogens (primary N) is 1. The third kappa shape index (κ3) is 4.85. The van der Waals surface area contributed by atoms with Gasteiger partial charge in [-0.05, 0) is 31.9 Å². The summed E-state index contributed by atoms with van der Waals surface area (Å²) in [7, 11) is -3.38. The fraction of sp³-hybridized carbons (Fsp3) is 0.500. The van der Waals surface area contributed by atoms with Crippen molar-refractivity contribution >= 4 is 10.0 Å². The summed E-state index contributed by atoms with van der Waals surface area (Å²) in [6.07, 6.45) is 0. The van der Waals surface area contributed by atoms with Crippen LogP contribution in [0.5, 0.6) is 0 Å². The number of hydrogen-bond donors (Lipinski definition) is 2. The van der Waals surface area contributed by atoms with Gasteiger partial charge in [0.05, 0.1) is 5.75 Å². The lowest BCUT2D eigenvalue weighted by Gasteiger charge is -2.17. The van der Waals surface area contributed by atoms with Crippen LogP contribution < -0.4 is 10.5 Å². The van der Waals surface area contributed by atoms with E-state index in [4.69, 9.17) is 5.14 Å². The van der Waals surface area contributed by atoms with Gasteiger partial charge in [-0.25, -0.2) is 13.6 Å². The molecular weight excluding hydrogens is 236 g/mol. The Hall–Kier alpha value is -0.910. The zero-order valence-corrected chi connectivity index (χ0v) is 11.3. The SMILES string of the molecule is Cc1ccc(C)c(C(C)NCCS(N)(=O)=O)c1. The second-order valence-electron chi connectivity index (χ2n) is 4.40. The Morgan fingerprint density at radius 3 is 2.59 bits per heavy atom. The number of nitrogens with one attached hydrogen (secondary N) is 1. The molecule has 4 nitrogen and oxygen atoms in total. The molecule has 0 aliphatic rings. The molecule has 1 unspecified atom stereocenters. The summed E-state index contributed by atoms with van der Waals surface area (Å²) in [5.41, 5.74) is 3.59. The molecule has 1 aromatic rings. The number of benzene rings is 1. The highest BCUT2D eigenvalue weighted by Crippen LogP contribution is 2.18. The molecule has 1 atom stereocenters. The Kier molecular flexibility index (Phi) is 4.68. The van der Waals surface area contributed by atoms with Crippen molar-refractivity contribution in [1.82, 2.24) is 5.32 Å². The van der Waals surface area contributed by atoms with Gasteiger partial charge < -0.3 is 5.32 Å². The number of rotatable bonds is 5. The lowest BCUT2D eigenvalue weighted by Crippen LogP contribution is -2.29. The summed E-state index contributed by atoms with van der Waals surface area (Å²) in [4.78, 5) is 0. The molecular formula is C12H20N2O2S. The Morgan fingerprint density at radius 2 is 2.00 bits per heavy atom. The molecule has 0 saturated heterocycles. The first-order chi connectivity index (χ1) is 7.79. The lowest BCUT2D eigenvalue weighted by molar-refractivity contribution is 0.572. The summed E-state index contributed by atoms with van der Waals surface area (Å²) in [5.74, 6) is -0.0395. The average Bonchev–Trinajstić information content (AvgIpc) is 2.19. The number of hydrogen-bond acceptors (Lipinski definition) is 3. The van der Waals surface area contributed by atoms with Gasteiger partial charge in [-0.2, -0.15) is 0 Å². The summed E-state index contributed by atoms with van der Waals surface area (Å²) in [5, 5.41) is 8.11. The molecule has 0 heterocycles. The van der Waals surface area contributed by atoms with E-state index in [1.807, 2.05) is 20.8 Å². The van der Waals surface area contributed by atoms with Gasteiger partial charge in [0.1, 0.15) is 0 Å². The van der Waals surface area contributed by atoms with E-state index in [9.17, 15) is 8.42 Å². The van der Waals surface area contributed by atoms with Crippen molar-refractivity contribution in [3.8, 4) is 0 Å². The van der Waals surface area contributed by atoms with E-state index in [1.54, 1.807) is 0 Å². The van der Waals surface area contributed by atoms with Gasteiger partial charge in [-0.15, -0.1) is 0 Å². The molecule has 0 fully saturated rings. The fourth-order valence-electron chi connectivity index (χ4n) is 1.75. The average molecular weight is 256 g/mol. The molecule has 5 heteroatoms. The second kappa shape index (κ2) is 5.62. The molecule has 0 aliphatic carbocycles. The maximum atomic E-state index is 10.8. The van der Waals surface area contributed by atoms with Crippen molar-refractivity contribution in [3.05, 3.63) is 34.9 Å². The topological polar surface area (TPSA) is 72.2 Å². The Morgan fingerprint density at radius 1 is 1.35 bits per heavy atom. The fourth-order valence-corrected chi connectivity index (χ4v) is 2.16. The zero-order valence-electron chi connectivity index (χ0n) is 10.5. The van der Waals surface area contributed by atoms with Crippen molar-refractivity contribution < 1.29 is 8.42 Å².